The molecule has 0 atom stereocenters. The third-order valence-corrected chi connectivity index (χ3v) is 8.76. The maximum absolute atomic E-state index is 2.84. The van der Waals surface area contributed by atoms with Gasteiger partial charge in [0.15, 0.2) is 0 Å². The fourth-order valence-electron chi connectivity index (χ4n) is 6.73. The highest BCUT2D eigenvalue weighted by atomic mass is 15.2. The summed E-state index contributed by atoms with van der Waals surface area (Å²) in [7, 11) is 0. The van der Waals surface area contributed by atoms with Crippen LogP contribution in [0.15, 0.2) is 30.5 Å². The average Bonchev–Trinajstić information content (AvgIpc) is 3.18. The van der Waals surface area contributed by atoms with Crippen LogP contribution >= 0.6 is 0 Å². The Hall–Kier alpha value is -1.32. The fourth-order valence-corrected chi connectivity index (χ4v) is 6.73. The number of hydrogen-bond acceptors (Lipinski definition) is 2. The van der Waals surface area contributed by atoms with Crippen LogP contribution in [0, 0.1) is 11.8 Å². The summed E-state index contributed by atoms with van der Waals surface area (Å²) < 4.78 is 2.65. The number of rotatable bonds is 5. The molecule has 2 saturated heterocycles. The van der Waals surface area contributed by atoms with Gasteiger partial charge < -0.3 is 9.47 Å². The molecule has 3 heterocycles. The van der Waals surface area contributed by atoms with E-state index >= 15 is 0 Å². The summed E-state index contributed by atoms with van der Waals surface area (Å²) in [4.78, 5) is 5.51. The van der Waals surface area contributed by atoms with Crippen molar-refractivity contribution in [2.75, 3.05) is 26.2 Å². The Kier molecular flexibility index (Phi) is 6.71. The van der Waals surface area contributed by atoms with E-state index in [0.29, 0.717) is 6.04 Å². The van der Waals surface area contributed by atoms with Gasteiger partial charge in [-0.05, 0) is 87.9 Å². The van der Waals surface area contributed by atoms with Gasteiger partial charge in [0.25, 0.3) is 0 Å². The molecule has 3 fully saturated rings. The van der Waals surface area contributed by atoms with Crippen LogP contribution in [-0.4, -0.2) is 46.6 Å². The highest BCUT2D eigenvalue weighted by molar-refractivity contribution is 5.84. The molecule has 0 radical (unpaired) electrons. The summed E-state index contributed by atoms with van der Waals surface area (Å²) in [6.45, 7) is 11.1. The second-order valence-electron chi connectivity index (χ2n) is 11.0. The van der Waals surface area contributed by atoms with E-state index < -0.39 is 0 Å². The minimum atomic E-state index is 0.670. The lowest BCUT2D eigenvalue weighted by molar-refractivity contribution is 0.0893. The van der Waals surface area contributed by atoms with Crippen molar-refractivity contribution >= 4 is 10.9 Å². The molecular weight excluding hydrogens is 378 g/mol. The van der Waals surface area contributed by atoms with Crippen molar-refractivity contribution in [3.05, 3.63) is 36.0 Å². The van der Waals surface area contributed by atoms with E-state index in [1.807, 2.05) is 0 Å². The van der Waals surface area contributed by atoms with Crippen LogP contribution in [0.5, 0.6) is 0 Å². The second-order valence-corrected chi connectivity index (χ2v) is 11.0. The van der Waals surface area contributed by atoms with E-state index in [1.54, 1.807) is 5.56 Å². The number of benzene rings is 1. The SMILES string of the molecule is CC(C)C1CCC(N2CCC(n3cc(CN4CCCCC4)c4ccccc43)CC2)CC1. The van der Waals surface area contributed by atoms with Crippen molar-refractivity contribution < 1.29 is 0 Å². The third-order valence-electron chi connectivity index (χ3n) is 8.76. The summed E-state index contributed by atoms with van der Waals surface area (Å²) in [6.07, 6.45) is 15.1. The van der Waals surface area contributed by atoms with Crippen molar-refractivity contribution in [2.24, 2.45) is 11.8 Å². The Bertz CT molecular complexity index is 831. The lowest BCUT2D eigenvalue weighted by Gasteiger charge is -2.42. The monoisotopic (exact) mass is 421 g/mol. The Labute approximate surface area is 189 Å². The van der Waals surface area contributed by atoms with Crippen LogP contribution in [0.3, 0.4) is 0 Å². The summed E-state index contributed by atoms with van der Waals surface area (Å²) in [5, 5.41) is 1.49. The number of nitrogens with zero attached hydrogens (tertiary/aromatic N) is 3. The quantitative estimate of drug-likeness (QED) is 0.547. The molecule has 0 N–H and O–H groups in total. The molecule has 0 unspecified atom stereocenters. The molecule has 0 amide bonds. The minimum absolute atomic E-state index is 0.670. The molecule has 2 aromatic rings. The predicted molar refractivity (Wildman–Crippen MR) is 131 cm³/mol. The molecule has 1 aromatic carbocycles. The van der Waals surface area contributed by atoms with Crippen molar-refractivity contribution in [3.8, 4) is 0 Å². The van der Waals surface area contributed by atoms with E-state index in [2.05, 4.69) is 58.7 Å². The molecule has 2 aliphatic heterocycles. The molecule has 3 heteroatoms. The first kappa shape index (κ1) is 21.5. The van der Waals surface area contributed by atoms with Crippen LogP contribution in [0.2, 0.25) is 0 Å². The Morgan fingerprint density at radius 1 is 0.806 bits per heavy atom. The van der Waals surface area contributed by atoms with Crippen LogP contribution in [0.25, 0.3) is 10.9 Å². The fraction of sp³-hybridized carbons (Fsp3) is 0.714. The maximum Gasteiger partial charge on any atom is 0.0486 e. The highest BCUT2D eigenvalue weighted by Gasteiger charge is 2.30. The number of aromatic nitrogens is 1. The topological polar surface area (TPSA) is 11.4 Å². The van der Waals surface area contributed by atoms with E-state index in [4.69, 9.17) is 0 Å². The molecular formula is C28H43N3. The Morgan fingerprint density at radius 2 is 1.52 bits per heavy atom. The molecule has 1 aromatic heterocycles. The van der Waals surface area contributed by atoms with Gasteiger partial charge in [0.2, 0.25) is 0 Å². The number of piperidine rings is 2. The van der Waals surface area contributed by atoms with Gasteiger partial charge in [-0.2, -0.15) is 0 Å². The smallest absolute Gasteiger partial charge is 0.0486 e. The summed E-state index contributed by atoms with van der Waals surface area (Å²) >= 11 is 0. The minimum Gasteiger partial charge on any atom is -0.344 e. The van der Waals surface area contributed by atoms with Gasteiger partial charge >= 0.3 is 0 Å². The molecule has 5 rings (SSSR count). The normalized spacial score (nSPS) is 27.3. The standard InChI is InChI=1S/C28H43N3/c1-22(2)23-10-12-25(13-11-23)30-18-14-26(15-19-30)31-21-24(20-29-16-6-3-7-17-29)27-8-4-5-9-28(27)31/h4-5,8-9,21-23,25-26H,3,6-7,10-20H2,1-2H3. The molecule has 31 heavy (non-hydrogen) atoms. The summed E-state index contributed by atoms with van der Waals surface area (Å²) in [6, 6.07) is 10.7. The molecule has 0 spiro atoms. The van der Waals surface area contributed by atoms with Gasteiger partial charge in [0.05, 0.1) is 0 Å². The first-order valence-corrected chi connectivity index (χ1v) is 13.2. The number of fused-ring (bicyclic) bond motifs is 1. The molecule has 3 nitrogen and oxygen atoms in total. The average molecular weight is 422 g/mol. The number of para-hydroxylation sites is 1. The van der Waals surface area contributed by atoms with E-state index in [-0.39, 0.29) is 0 Å². The Morgan fingerprint density at radius 3 is 2.23 bits per heavy atom. The van der Waals surface area contributed by atoms with Gasteiger partial charge in [-0.25, -0.2) is 0 Å². The lowest BCUT2D eigenvalue weighted by atomic mass is 9.79. The van der Waals surface area contributed by atoms with Crippen LogP contribution < -0.4 is 0 Å². The van der Waals surface area contributed by atoms with E-state index in [1.165, 1.54) is 94.9 Å². The van der Waals surface area contributed by atoms with E-state index in [9.17, 15) is 0 Å². The van der Waals surface area contributed by atoms with Gasteiger partial charge in [-0.15, -0.1) is 0 Å². The summed E-state index contributed by atoms with van der Waals surface area (Å²) in [5.74, 6) is 1.84. The zero-order chi connectivity index (χ0) is 21.2. The molecule has 1 saturated carbocycles. The van der Waals surface area contributed by atoms with Crippen molar-refractivity contribution in [1.82, 2.24) is 14.4 Å². The van der Waals surface area contributed by atoms with Gasteiger partial charge in [-0.1, -0.05) is 38.5 Å². The van der Waals surface area contributed by atoms with Crippen molar-refractivity contribution in [3.63, 3.8) is 0 Å². The largest absolute Gasteiger partial charge is 0.344 e. The van der Waals surface area contributed by atoms with Crippen molar-refractivity contribution in [2.45, 2.75) is 90.3 Å². The first-order chi connectivity index (χ1) is 15.2. The van der Waals surface area contributed by atoms with Crippen LogP contribution in [0.4, 0.5) is 0 Å². The highest BCUT2D eigenvalue weighted by Crippen LogP contribution is 2.36. The van der Waals surface area contributed by atoms with E-state index in [0.717, 1.165) is 24.4 Å². The lowest BCUT2D eigenvalue weighted by Crippen LogP contribution is -2.43. The summed E-state index contributed by atoms with van der Waals surface area (Å²) in [5.41, 5.74) is 3.01. The van der Waals surface area contributed by atoms with Crippen LogP contribution in [-0.2, 0) is 6.54 Å². The molecule has 3 aliphatic rings. The van der Waals surface area contributed by atoms with Gasteiger partial charge in [0, 0.05) is 48.8 Å². The van der Waals surface area contributed by atoms with Crippen LogP contribution in [0.1, 0.15) is 83.2 Å². The zero-order valence-electron chi connectivity index (χ0n) is 19.9. The molecule has 170 valence electrons. The molecule has 0 bridgehead atoms. The Balaban J connectivity index is 1.24. The van der Waals surface area contributed by atoms with Gasteiger partial charge in [-0.3, -0.25) is 4.90 Å². The van der Waals surface area contributed by atoms with Gasteiger partial charge in [0.1, 0.15) is 0 Å². The zero-order valence-corrected chi connectivity index (χ0v) is 19.9. The number of hydrogen-bond donors (Lipinski definition) is 0. The third kappa shape index (κ3) is 4.73. The van der Waals surface area contributed by atoms with Crippen molar-refractivity contribution in [1.29, 1.82) is 0 Å². The predicted octanol–water partition coefficient (Wildman–Crippen LogP) is 6.48. The molecule has 1 aliphatic carbocycles. The second kappa shape index (κ2) is 9.67. The number of likely N-dealkylation sites (tertiary alicyclic amines) is 2. The first-order valence-electron chi connectivity index (χ1n) is 13.2. The maximum atomic E-state index is 2.84.